The predicted molar refractivity (Wildman–Crippen MR) is 70.0 cm³/mol. The number of ketones is 2. The van der Waals surface area contributed by atoms with Crippen molar-refractivity contribution in [1.82, 2.24) is 5.32 Å². The summed E-state index contributed by atoms with van der Waals surface area (Å²) in [6, 6.07) is 4.26. The summed E-state index contributed by atoms with van der Waals surface area (Å²) in [6.07, 6.45) is -0.670. The molecule has 0 radical (unpaired) electrons. The number of aliphatic hydroxyl groups is 1. The Balaban J connectivity index is 0.000000459. The third-order valence-corrected chi connectivity index (χ3v) is 2.28. The van der Waals surface area contributed by atoms with Crippen LogP contribution in [0.4, 0.5) is 0 Å². The number of aliphatic hydroxyl groups excluding tert-OH is 1. The first-order valence-corrected chi connectivity index (χ1v) is 5.65. The van der Waals surface area contributed by atoms with Gasteiger partial charge in [0.25, 0.3) is 0 Å². The first-order chi connectivity index (χ1) is 8.79. The van der Waals surface area contributed by atoms with Gasteiger partial charge in [-0.1, -0.05) is 6.07 Å². The smallest absolute Gasteiger partial charge is 0.195 e. The Morgan fingerprint density at radius 2 is 1.68 bits per heavy atom. The number of phenols is 2. The number of carbonyl (C=O) groups excluding carboxylic acids is 2. The highest BCUT2D eigenvalue weighted by molar-refractivity contribution is 6.35. The zero-order chi connectivity index (χ0) is 15.0. The van der Waals surface area contributed by atoms with E-state index in [1.165, 1.54) is 26.0 Å². The number of benzene rings is 1. The molecular formula is C13H19NO5. The lowest BCUT2D eigenvalue weighted by Crippen LogP contribution is -2.16. The minimum Gasteiger partial charge on any atom is -0.504 e. The summed E-state index contributed by atoms with van der Waals surface area (Å²) >= 11 is 0. The normalized spacial score (nSPS) is 11.2. The zero-order valence-electron chi connectivity index (χ0n) is 11.2. The van der Waals surface area contributed by atoms with E-state index in [2.05, 4.69) is 5.32 Å². The third-order valence-electron chi connectivity index (χ3n) is 2.28. The molecule has 0 aliphatic heterocycles. The Morgan fingerprint density at radius 1 is 1.16 bits per heavy atom. The molecule has 0 aliphatic carbocycles. The minimum absolute atomic E-state index is 0.180. The van der Waals surface area contributed by atoms with E-state index in [4.69, 9.17) is 10.2 Å². The van der Waals surface area contributed by atoms with Gasteiger partial charge in [-0.3, -0.25) is 9.59 Å². The molecule has 1 aromatic rings. The van der Waals surface area contributed by atoms with Crippen LogP contribution >= 0.6 is 0 Å². The topological polar surface area (TPSA) is 107 Å². The summed E-state index contributed by atoms with van der Waals surface area (Å²) in [4.78, 5) is 19.6. The third kappa shape index (κ3) is 6.54. The highest BCUT2D eigenvalue weighted by Gasteiger charge is 2.08. The van der Waals surface area contributed by atoms with Crippen LogP contribution in [0.1, 0.15) is 25.5 Å². The van der Waals surface area contributed by atoms with Crippen LogP contribution in [-0.2, 0) is 9.59 Å². The molecule has 0 fully saturated rings. The maximum Gasteiger partial charge on any atom is 0.195 e. The van der Waals surface area contributed by atoms with E-state index in [9.17, 15) is 14.7 Å². The van der Waals surface area contributed by atoms with Crippen molar-refractivity contribution in [2.75, 3.05) is 13.6 Å². The summed E-state index contributed by atoms with van der Waals surface area (Å²) in [5, 5.41) is 30.4. The highest BCUT2D eigenvalue weighted by Crippen LogP contribution is 2.27. The van der Waals surface area contributed by atoms with E-state index < -0.39 is 6.10 Å². The molecule has 6 nitrogen and oxygen atoms in total. The molecule has 19 heavy (non-hydrogen) atoms. The number of hydrogen-bond donors (Lipinski definition) is 4. The van der Waals surface area contributed by atoms with Gasteiger partial charge in [-0.2, -0.15) is 0 Å². The van der Waals surface area contributed by atoms with E-state index >= 15 is 0 Å². The van der Waals surface area contributed by atoms with E-state index in [-0.39, 0.29) is 23.1 Å². The average Bonchev–Trinajstić information content (AvgIpc) is 2.33. The van der Waals surface area contributed by atoms with E-state index in [0.717, 1.165) is 0 Å². The fourth-order valence-corrected chi connectivity index (χ4v) is 1.06. The summed E-state index contributed by atoms with van der Waals surface area (Å²) in [5.41, 5.74) is 0.574. The highest BCUT2D eigenvalue weighted by atomic mass is 16.3. The second-order valence-electron chi connectivity index (χ2n) is 3.93. The van der Waals surface area contributed by atoms with Gasteiger partial charge >= 0.3 is 0 Å². The van der Waals surface area contributed by atoms with Crippen LogP contribution in [0.2, 0.25) is 0 Å². The van der Waals surface area contributed by atoms with Crippen LogP contribution in [0.15, 0.2) is 18.2 Å². The van der Waals surface area contributed by atoms with Gasteiger partial charge < -0.3 is 20.6 Å². The van der Waals surface area contributed by atoms with Crippen LogP contribution in [0.5, 0.6) is 11.5 Å². The van der Waals surface area contributed by atoms with Gasteiger partial charge in [0.1, 0.15) is 0 Å². The Kier molecular flexibility index (Phi) is 7.40. The van der Waals surface area contributed by atoms with Gasteiger partial charge in [-0.15, -0.1) is 0 Å². The molecule has 0 aromatic heterocycles. The summed E-state index contributed by atoms with van der Waals surface area (Å²) in [6.45, 7) is 2.91. The van der Waals surface area contributed by atoms with Gasteiger partial charge in [0.15, 0.2) is 23.1 Å². The lowest BCUT2D eigenvalue weighted by molar-refractivity contribution is -0.134. The Bertz CT molecular complexity index is 433. The standard InChI is InChI=1S/C9H13NO3.C4H6O2/c1-10-5-9(13)6-2-3-7(11)8(12)4-6;1-3(5)4(2)6/h2-4,9-13H,5H2,1H3;1-2H3. The van der Waals surface area contributed by atoms with Gasteiger partial charge in [-0.05, 0) is 24.7 Å². The van der Waals surface area contributed by atoms with Gasteiger partial charge in [-0.25, -0.2) is 0 Å². The lowest BCUT2D eigenvalue weighted by atomic mass is 10.1. The molecule has 1 unspecified atom stereocenters. The molecule has 0 saturated heterocycles. The van der Waals surface area contributed by atoms with Crippen LogP contribution in [-0.4, -0.2) is 40.5 Å². The first-order valence-electron chi connectivity index (χ1n) is 5.65. The van der Waals surface area contributed by atoms with Gasteiger partial charge in [0, 0.05) is 20.4 Å². The average molecular weight is 269 g/mol. The van der Waals surface area contributed by atoms with Crippen molar-refractivity contribution in [3.8, 4) is 11.5 Å². The van der Waals surface area contributed by atoms with E-state index in [0.29, 0.717) is 12.1 Å². The van der Waals surface area contributed by atoms with Crippen molar-refractivity contribution in [3.05, 3.63) is 23.8 Å². The molecule has 4 N–H and O–H groups in total. The molecule has 6 heteroatoms. The molecule has 0 saturated carbocycles. The molecule has 1 aromatic carbocycles. The molecule has 0 aliphatic rings. The van der Waals surface area contributed by atoms with Crippen LogP contribution < -0.4 is 5.32 Å². The van der Waals surface area contributed by atoms with Gasteiger partial charge in [0.2, 0.25) is 0 Å². The molecule has 0 heterocycles. The molecule has 0 bridgehead atoms. The monoisotopic (exact) mass is 269 g/mol. The Morgan fingerprint density at radius 3 is 2.05 bits per heavy atom. The Hall–Kier alpha value is -1.92. The predicted octanol–water partition coefficient (Wildman–Crippen LogP) is 0.515. The summed E-state index contributed by atoms with van der Waals surface area (Å²) < 4.78 is 0. The number of aromatic hydroxyl groups is 2. The van der Waals surface area contributed by atoms with Crippen molar-refractivity contribution in [2.24, 2.45) is 0 Å². The number of likely N-dealkylation sites (N-methyl/N-ethyl adjacent to an activating group) is 1. The number of rotatable bonds is 4. The quantitative estimate of drug-likeness (QED) is 0.469. The van der Waals surface area contributed by atoms with Crippen LogP contribution in [0, 0.1) is 0 Å². The molecule has 0 spiro atoms. The molecule has 1 rings (SSSR count). The SMILES string of the molecule is CC(=O)C(C)=O.CNCC(O)c1ccc(O)c(O)c1. The number of hydrogen-bond acceptors (Lipinski definition) is 6. The Labute approximate surface area is 111 Å². The fraction of sp³-hybridized carbons (Fsp3) is 0.385. The largest absolute Gasteiger partial charge is 0.504 e. The number of nitrogens with one attached hydrogen (secondary N) is 1. The molecule has 0 amide bonds. The van der Waals surface area contributed by atoms with Crippen molar-refractivity contribution >= 4 is 11.6 Å². The maximum absolute atomic E-state index is 9.79. The van der Waals surface area contributed by atoms with Crippen molar-refractivity contribution in [1.29, 1.82) is 0 Å². The number of Topliss-reactive ketones (excluding diaryl/α,β-unsaturated/α-hetero) is 2. The fourth-order valence-electron chi connectivity index (χ4n) is 1.06. The second kappa shape index (κ2) is 8.23. The number of carbonyl (C=O) groups is 2. The first kappa shape index (κ1) is 17.1. The van der Waals surface area contributed by atoms with Crippen molar-refractivity contribution in [3.63, 3.8) is 0 Å². The molecule has 106 valence electrons. The molecule has 1 atom stereocenters. The van der Waals surface area contributed by atoms with Crippen LogP contribution in [0.25, 0.3) is 0 Å². The summed E-state index contributed by atoms with van der Waals surface area (Å²) in [7, 11) is 1.73. The zero-order valence-corrected chi connectivity index (χ0v) is 11.2. The summed E-state index contributed by atoms with van der Waals surface area (Å²) in [5.74, 6) is -1.15. The van der Waals surface area contributed by atoms with E-state index in [1.807, 2.05) is 0 Å². The lowest BCUT2D eigenvalue weighted by Gasteiger charge is -2.10. The minimum atomic E-state index is -0.670. The van der Waals surface area contributed by atoms with E-state index in [1.54, 1.807) is 13.1 Å². The number of phenolic OH excluding ortho intramolecular Hbond substituents is 2. The molecular weight excluding hydrogens is 250 g/mol. The second-order valence-corrected chi connectivity index (χ2v) is 3.93. The van der Waals surface area contributed by atoms with Crippen LogP contribution in [0.3, 0.4) is 0 Å². The van der Waals surface area contributed by atoms with Gasteiger partial charge in [0.05, 0.1) is 6.10 Å². The van der Waals surface area contributed by atoms with Crippen molar-refractivity contribution < 1.29 is 24.9 Å². The maximum atomic E-state index is 9.79. The van der Waals surface area contributed by atoms with Crippen molar-refractivity contribution in [2.45, 2.75) is 20.0 Å².